The molecule has 318 valence electrons. The highest BCUT2D eigenvalue weighted by Gasteiger charge is 2.54. The van der Waals surface area contributed by atoms with Crippen LogP contribution in [0.2, 0.25) is 0 Å². The fourth-order valence-corrected chi connectivity index (χ4v) is 10.9. The molecule has 0 amide bonds. The normalized spacial score (nSPS) is 31.1. The lowest BCUT2D eigenvalue weighted by Crippen LogP contribution is -2.38. The quantitative estimate of drug-likeness (QED) is 0.103. The second kappa shape index (κ2) is 16.9. The van der Waals surface area contributed by atoms with E-state index in [0.717, 1.165) is 34.1 Å². The van der Waals surface area contributed by atoms with Crippen LogP contribution in [0, 0.1) is 0 Å². The van der Waals surface area contributed by atoms with Crippen molar-refractivity contribution in [2.45, 2.75) is 61.4 Å². The monoisotopic (exact) mass is 895 g/mol. The topological polar surface area (TPSA) is 281 Å². The molecule has 26 heteroatoms. The Kier molecular flexibility index (Phi) is 11.8. The standard InChI is InChI=1S/C34H33F2N7O14P2S/c35-24-21-10-12-51-58(48,49)56-27-22(55-31(25(27)36)43-16-40-26-29(37)38-15-39-30(26)43)13-52-59(50,57-28(24)32(54-21)42-11-9-23(45)41-34(42)47)60-14-17-1-7-20(8-2-17)53-33(46)18-3-5-19(44)6-4-18/h1-9,11,15-16,21-22,24-25,27-28,31-32,44H,10,12-14H2,(H,48,49)(H2,37,38,39)(H,41,45,47)/t21-,22?,24-,25-,27-,28-,31-,32-,59-/m1/s1. The number of phenols is 1. The number of imidazole rings is 1. The molecule has 3 aliphatic heterocycles. The lowest BCUT2D eigenvalue weighted by Gasteiger charge is -2.28. The molecule has 0 saturated carbocycles. The molecule has 3 aromatic heterocycles. The van der Waals surface area contributed by atoms with Crippen LogP contribution in [0.3, 0.4) is 0 Å². The molecule has 3 saturated heterocycles. The van der Waals surface area contributed by atoms with Crippen LogP contribution in [0.5, 0.6) is 11.5 Å². The van der Waals surface area contributed by atoms with E-state index >= 15 is 8.78 Å². The number of fused-ring (bicyclic) bond motifs is 4. The van der Waals surface area contributed by atoms with Crippen molar-refractivity contribution in [1.29, 1.82) is 0 Å². The zero-order valence-electron chi connectivity index (χ0n) is 30.5. The van der Waals surface area contributed by atoms with Crippen molar-refractivity contribution < 1.29 is 65.0 Å². The summed E-state index contributed by atoms with van der Waals surface area (Å²) in [5, 5.41) is 9.50. The number of halogens is 2. The summed E-state index contributed by atoms with van der Waals surface area (Å²) in [6.45, 7) is -6.23. The fourth-order valence-electron chi connectivity index (χ4n) is 6.57. The Labute approximate surface area is 339 Å². The number of esters is 1. The van der Waals surface area contributed by atoms with Crippen LogP contribution in [0.1, 0.15) is 34.8 Å². The molecule has 10 atom stereocenters. The summed E-state index contributed by atoms with van der Waals surface area (Å²) in [5.41, 5.74) is 4.91. The Hall–Kier alpha value is -4.87. The first-order valence-electron chi connectivity index (χ1n) is 17.8. The molecule has 2 bridgehead atoms. The van der Waals surface area contributed by atoms with Gasteiger partial charge in [0, 0.05) is 24.4 Å². The second-order valence-electron chi connectivity index (χ2n) is 13.4. The van der Waals surface area contributed by atoms with Crippen molar-refractivity contribution in [1.82, 2.24) is 29.1 Å². The zero-order valence-corrected chi connectivity index (χ0v) is 33.1. The highest BCUT2D eigenvalue weighted by molar-refractivity contribution is 8.54. The Morgan fingerprint density at radius 3 is 2.43 bits per heavy atom. The number of carbonyl (C=O) groups excluding carboxylic acids is 1. The van der Waals surface area contributed by atoms with Gasteiger partial charge in [-0.25, -0.2) is 42.5 Å². The predicted octanol–water partition coefficient (Wildman–Crippen LogP) is 3.70. The molecule has 0 aliphatic carbocycles. The average molecular weight is 896 g/mol. The number of rotatable bonds is 7. The number of nitrogens with one attached hydrogen (secondary N) is 1. The van der Waals surface area contributed by atoms with E-state index in [9.17, 15) is 33.5 Å². The number of ether oxygens (including phenoxy) is 3. The van der Waals surface area contributed by atoms with E-state index in [-0.39, 0.29) is 39.8 Å². The minimum absolute atomic E-state index is 0.0228. The summed E-state index contributed by atoms with van der Waals surface area (Å²) in [5.74, 6) is -0.764. The number of alkyl halides is 2. The van der Waals surface area contributed by atoms with Gasteiger partial charge >= 0.3 is 26.3 Å². The van der Waals surface area contributed by atoms with Crippen molar-refractivity contribution in [3.63, 3.8) is 0 Å². The van der Waals surface area contributed by atoms with E-state index in [4.69, 9.17) is 38.0 Å². The summed E-state index contributed by atoms with van der Waals surface area (Å²) in [7, 11) is -5.14. The first-order chi connectivity index (χ1) is 28.7. The van der Waals surface area contributed by atoms with Crippen molar-refractivity contribution in [3.05, 3.63) is 105 Å². The van der Waals surface area contributed by atoms with Crippen molar-refractivity contribution in [2.24, 2.45) is 0 Å². The van der Waals surface area contributed by atoms with Crippen LogP contribution in [0.4, 0.5) is 14.6 Å². The van der Waals surface area contributed by atoms with Gasteiger partial charge in [-0.05, 0) is 53.3 Å². The van der Waals surface area contributed by atoms with Crippen molar-refractivity contribution in [2.75, 3.05) is 18.9 Å². The number of H-pyrrole nitrogens is 1. The van der Waals surface area contributed by atoms with Gasteiger partial charge in [0.1, 0.15) is 41.7 Å². The largest absolute Gasteiger partial charge is 0.508 e. The molecule has 0 spiro atoms. The van der Waals surface area contributed by atoms with Crippen LogP contribution < -0.4 is 21.7 Å². The smallest absolute Gasteiger partial charge is 0.472 e. The first-order valence-corrected chi connectivity index (χ1v) is 22.5. The van der Waals surface area contributed by atoms with Gasteiger partial charge < -0.3 is 29.9 Å². The Bertz CT molecular complexity index is 2600. The lowest BCUT2D eigenvalue weighted by atomic mass is 10.1. The third-order valence-electron chi connectivity index (χ3n) is 9.50. The van der Waals surface area contributed by atoms with Gasteiger partial charge in [-0.3, -0.25) is 37.0 Å². The number of aromatic nitrogens is 6. The predicted molar refractivity (Wildman–Crippen MR) is 203 cm³/mol. The van der Waals surface area contributed by atoms with Gasteiger partial charge in [0.15, 0.2) is 36.3 Å². The molecular weight excluding hydrogens is 862 g/mol. The van der Waals surface area contributed by atoms with E-state index in [0.29, 0.717) is 16.9 Å². The van der Waals surface area contributed by atoms with Crippen LogP contribution >= 0.6 is 26.0 Å². The molecule has 2 unspecified atom stereocenters. The first kappa shape index (κ1) is 41.8. The number of carbonyl (C=O) groups is 1. The fraction of sp³-hybridized carbons (Fsp3) is 0.353. The summed E-state index contributed by atoms with van der Waals surface area (Å²) in [6.07, 6.45) is -11.7. The van der Waals surface area contributed by atoms with E-state index in [1.54, 1.807) is 0 Å². The number of phosphoric acid groups is 1. The van der Waals surface area contributed by atoms with Crippen molar-refractivity contribution >= 4 is 49.0 Å². The minimum atomic E-state index is -5.14. The molecule has 6 heterocycles. The Morgan fingerprint density at radius 2 is 1.68 bits per heavy atom. The number of phosphoric ester groups is 1. The number of nitrogens with two attached hydrogens (primary N) is 1. The number of nitrogens with zero attached hydrogens (tertiary/aromatic N) is 5. The van der Waals surface area contributed by atoms with Gasteiger partial charge in [-0.15, -0.1) is 0 Å². The number of anilines is 1. The maximum Gasteiger partial charge on any atom is 0.472 e. The van der Waals surface area contributed by atoms with Crippen LogP contribution in [-0.4, -0.2) is 95.0 Å². The van der Waals surface area contributed by atoms with Gasteiger partial charge in [0.05, 0.1) is 31.2 Å². The van der Waals surface area contributed by atoms with E-state index in [1.165, 1.54) is 48.5 Å². The SMILES string of the molecule is Nc1ncnc2c1ncn2[C@@H]1OC2CO[P@@](=O)(SCc3ccc(OC(=O)c4ccc(O)cc4)cc3)O[C@@H]3[C@H](F)[C@@H](CCOP(=O)(O)O[C@H]2[C@H]1F)O[C@H]3n1ccc(=O)[nH]c1=O. The molecule has 8 rings (SSSR count). The molecule has 2 aromatic carbocycles. The number of nitrogen functional groups attached to an aromatic ring is 1. The lowest BCUT2D eigenvalue weighted by molar-refractivity contribution is -0.0484. The second-order valence-corrected chi connectivity index (χ2v) is 18.9. The molecular formula is C34H33F2N7O14P2S. The van der Waals surface area contributed by atoms with E-state index in [1.807, 2.05) is 4.98 Å². The summed E-state index contributed by atoms with van der Waals surface area (Å²) < 4.78 is 102. The van der Waals surface area contributed by atoms with E-state index < -0.39 is 101 Å². The minimum Gasteiger partial charge on any atom is -0.508 e. The maximum absolute atomic E-state index is 16.4. The van der Waals surface area contributed by atoms with Crippen LogP contribution in [-0.2, 0) is 42.5 Å². The molecule has 21 nitrogen and oxygen atoms in total. The summed E-state index contributed by atoms with van der Waals surface area (Å²) >= 11 is 0.558. The highest BCUT2D eigenvalue weighted by atomic mass is 32.7. The Morgan fingerprint density at radius 1 is 0.933 bits per heavy atom. The number of aromatic hydroxyl groups is 1. The molecule has 0 radical (unpaired) electrons. The molecule has 3 fully saturated rings. The summed E-state index contributed by atoms with van der Waals surface area (Å²) in [6, 6.07) is 12.3. The van der Waals surface area contributed by atoms with Crippen LogP contribution in [0.25, 0.3) is 11.2 Å². The van der Waals surface area contributed by atoms with Gasteiger partial charge in [-0.1, -0.05) is 12.1 Å². The van der Waals surface area contributed by atoms with E-state index in [2.05, 4.69) is 15.0 Å². The number of hydrogen-bond acceptors (Lipinski definition) is 18. The highest BCUT2D eigenvalue weighted by Crippen LogP contribution is 2.65. The number of aromatic amines is 1. The van der Waals surface area contributed by atoms with Gasteiger partial charge in [0.25, 0.3) is 5.56 Å². The molecule has 3 aliphatic rings. The number of phenolic OH excluding ortho intramolecular Hbond substituents is 1. The number of hydrogen-bond donors (Lipinski definition) is 4. The van der Waals surface area contributed by atoms with Crippen molar-refractivity contribution in [3.8, 4) is 11.5 Å². The van der Waals surface area contributed by atoms with Gasteiger partial charge in [-0.2, -0.15) is 0 Å². The Balaban J connectivity index is 1.09. The molecule has 5 aromatic rings. The van der Waals surface area contributed by atoms with Crippen LogP contribution in [0.15, 0.2) is 83.0 Å². The summed E-state index contributed by atoms with van der Waals surface area (Å²) in [4.78, 5) is 62.1. The third kappa shape index (κ3) is 8.79. The zero-order chi connectivity index (χ0) is 42.3. The number of benzene rings is 2. The molecule has 60 heavy (non-hydrogen) atoms. The maximum atomic E-state index is 16.4. The third-order valence-corrected chi connectivity index (χ3v) is 14.2. The molecule has 5 N–H and O–H groups in total. The average Bonchev–Trinajstić information content (AvgIpc) is 3.87. The van der Waals surface area contributed by atoms with Gasteiger partial charge in [0.2, 0.25) is 0 Å².